The molecule has 32 heavy (non-hydrogen) atoms. The van der Waals surface area contributed by atoms with E-state index in [9.17, 15) is 23.1 Å². The lowest BCUT2D eigenvalue weighted by atomic mass is 10.0. The Hall–Kier alpha value is -3.66. The Labute approximate surface area is 180 Å². The number of anilines is 1. The predicted octanol–water partition coefficient (Wildman–Crippen LogP) is 3.65. The second kappa shape index (κ2) is 7.20. The molecule has 2 aromatic carbocycles. The van der Waals surface area contributed by atoms with Gasteiger partial charge in [0.05, 0.1) is 42.7 Å². The number of benzene rings is 2. The Bertz CT molecular complexity index is 1320. The van der Waals surface area contributed by atoms with Crippen LogP contribution in [0.1, 0.15) is 22.1 Å². The maximum Gasteiger partial charge on any atom is 0.416 e. The Morgan fingerprint density at radius 1 is 1.09 bits per heavy atom. The number of aryl methyl sites for hydroxylation is 1. The summed E-state index contributed by atoms with van der Waals surface area (Å²) in [6, 6.07) is 9.55. The zero-order valence-electron chi connectivity index (χ0n) is 16.9. The highest BCUT2D eigenvalue weighted by Crippen LogP contribution is 2.35. The summed E-state index contributed by atoms with van der Waals surface area (Å²) in [4.78, 5) is 14.8. The molecule has 1 N–H and O–H groups in total. The third-order valence-corrected chi connectivity index (χ3v) is 5.76. The third kappa shape index (κ3) is 3.14. The summed E-state index contributed by atoms with van der Waals surface area (Å²) in [6.45, 7) is -0.186. The Morgan fingerprint density at radius 2 is 1.84 bits per heavy atom. The molecule has 1 amide bonds. The predicted molar refractivity (Wildman–Crippen MR) is 111 cm³/mol. The van der Waals surface area contributed by atoms with Gasteiger partial charge in [0.25, 0.3) is 5.91 Å². The molecule has 10 heteroatoms. The number of rotatable bonds is 3. The van der Waals surface area contributed by atoms with E-state index < -0.39 is 23.7 Å². The van der Waals surface area contributed by atoms with Crippen molar-refractivity contribution in [2.24, 2.45) is 7.05 Å². The van der Waals surface area contributed by atoms with Gasteiger partial charge >= 0.3 is 6.18 Å². The first-order valence-corrected chi connectivity index (χ1v) is 9.87. The van der Waals surface area contributed by atoms with Crippen LogP contribution in [0, 0.1) is 0 Å². The molecule has 4 aromatic rings. The van der Waals surface area contributed by atoms with E-state index in [0.717, 1.165) is 28.6 Å². The Kier molecular flexibility index (Phi) is 4.55. The number of carbonyl (C=O) groups is 1. The van der Waals surface area contributed by atoms with Crippen LogP contribution in [-0.4, -0.2) is 43.7 Å². The number of halogens is 3. The summed E-state index contributed by atoms with van der Waals surface area (Å²) < 4.78 is 42.0. The molecular weight excluding hydrogens is 423 g/mol. The van der Waals surface area contributed by atoms with Crippen molar-refractivity contribution in [2.45, 2.75) is 12.2 Å². The SMILES string of the molecule is Cn1ncc2ccc(-c3cnn4c3C(=O)N(c3ccc(C(F)(F)F)cc3)C[C@@H]4CO)cc21. The molecule has 0 unspecified atom stereocenters. The maximum atomic E-state index is 13.4. The van der Waals surface area contributed by atoms with Crippen LogP contribution in [0.3, 0.4) is 0 Å². The normalized spacial score (nSPS) is 16.6. The molecule has 0 bridgehead atoms. The van der Waals surface area contributed by atoms with E-state index in [1.165, 1.54) is 21.7 Å². The molecule has 164 valence electrons. The Morgan fingerprint density at radius 3 is 2.53 bits per heavy atom. The van der Waals surface area contributed by atoms with E-state index >= 15 is 0 Å². The molecule has 1 aliphatic rings. The van der Waals surface area contributed by atoms with Crippen molar-refractivity contribution in [3.8, 4) is 11.1 Å². The lowest BCUT2D eigenvalue weighted by Crippen LogP contribution is -2.44. The van der Waals surface area contributed by atoms with Gasteiger partial charge in [-0.2, -0.15) is 23.4 Å². The first-order chi connectivity index (χ1) is 15.3. The molecule has 1 aliphatic heterocycles. The second-order valence-electron chi connectivity index (χ2n) is 7.69. The summed E-state index contributed by atoms with van der Waals surface area (Å²) in [5.41, 5.74) is 2.01. The molecule has 7 nitrogen and oxygen atoms in total. The van der Waals surface area contributed by atoms with Crippen molar-refractivity contribution in [2.75, 3.05) is 18.1 Å². The topological polar surface area (TPSA) is 76.2 Å². The highest BCUT2D eigenvalue weighted by molar-refractivity contribution is 6.10. The molecular formula is C22H18F3N5O2. The zero-order valence-corrected chi connectivity index (χ0v) is 16.9. The van der Waals surface area contributed by atoms with E-state index in [-0.39, 0.29) is 18.8 Å². The molecule has 0 spiro atoms. The number of alkyl halides is 3. The fourth-order valence-corrected chi connectivity index (χ4v) is 4.06. The minimum atomic E-state index is -4.46. The van der Waals surface area contributed by atoms with Crippen molar-refractivity contribution < 1.29 is 23.1 Å². The van der Waals surface area contributed by atoms with E-state index in [0.29, 0.717) is 11.3 Å². The van der Waals surface area contributed by atoms with Crippen molar-refractivity contribution in [3.05, 3.63) is 66.1 Å². The average Bonchev–Trinajstić information content (AvgIpc) is 3.38. The molecule has 3 heterocycles. The van der Waals surface area contributed by atoms with Gasteiger partial charge in [-0.1, -0.05) is 12.1 Å². The minimum absolute atomic E-state index is 0.0928. The van der Waals surface area contributed by atoms with Gasteiger partial charge in [0.2, 0.25) is 0 Å². The van der Waals surface area contributed by atoms with E-state index in [1.807, 2.05) is 25.2 Å². The molecule has 0 radical (unpaired) electrons. The van der Waals surface area contributed by atoms with E-state index in [4.69, 9.17) is 0 Å². The van der Waals surface area contributed by atoms with Gasteiger partial charge in [-0.05, 0) is 35.9 Å². The number of amides is 1. The number of aromatic nitrogens is 4. The van der Waals surface area contributed by atoms with Gasteiger partial charge in [0, 0.05) is 23.7 Å². The zero-order chi connectivity index (χ0) is 22.6. The average molecular weight is 441 g/mol. The highest BCUT2D eigenvalue weighted by atomic mass is 19.4. The molecule has 2 aromatic heterocycles. The molecule has 0 saturated heterocycles. The fourth-order valence-electron chi connectivity index (χ4n) is 4.06. The number of hydrogen-bond donors (Lipinski definition) is 1. The number of carbonyl (C=O) groups excluding carboxylic acids is 1. The van der Waals surface area contributed by atoms with Gasteiger partial charge in [0.15, 0.2) is 0 Å². The van der Waals surface area contributed by atoms with Crippen LogP contribution in [0.4, 0.5) is 18.9 Å². The second-order valence-corrected chi connectivity index (χ2v) is 7.69. The van der Waals surface area contributed by atoms with Gasteiger partial charge < -0.3 is 10.0 Å². The highest BCUT2D eigenvalue weighted by Gasteiger charge is 2.36. The van der Waals surface area contributed by atoms with Gasteiger partial charge in [-0.3, -0.25) is 14.2 Å². The van der Waals surface area contributed by atoms with Crippen molar-refractivity contribution in [1.29, 1.82) is 0 Å². The third-order valence-electron chi connectivity index (χ3n) is 5.76. The molecule has 5 rings (SSSR count). The number of aliphatic hydroxyl groups is 1. The number of nitrogens with zero attached hydrogens (tertiary/aromatic N) is 5. The van der Waals surface area contributed by atoms with Gasteiger partial charge in [-0.15, -0.1) is 0 Å². The Balaban J connectivity index is 1.58. The summed E-state index contributed by atoms with van der Waals surface area (Å²) in [5, 5.41) is 19.4. The standard InChI is InChI=1S/C22H18F3N5O2/c1-28-19-8-13(2-3-14(19)9-26-28)18-10-27-30-17(12-31)11-29(21(32)20(18)30)16-6-4-15(5-7-16)22(23,24)25/h2-10,17,31H,11-12H2,1H3/t17-/m1/s1. The van der Waals surface area contributed by atoms with Gasteiger partial charge in [-0.25, -0.2) is 0 Å². The van der Waals surface area contributed by atoms with Crippen molar-refractivity contribution >= 4 is 22.5 Å². The first-order valence-electron chi connectivity index (χ1n) is 9.87. The largest absolute Gasteiger partial charge is 0.416 e. The molecule has 0 aliphatic carbocycles. The van der Waals surface area contributed by atoms with Crippen LogP contribution in [0.2, 0.25) is 0 Å². The van der Waals surface area contributed by atoms with Crippen molar-refractivity contribution in [1.82, 2.24) is 19.6 Å². The van der Waals surface area contributed by atoms with Crippen LogP contribution < -0.4 is 4.90 Å². The minimum Gasteiger partial charge on any atom is -0.394 e. The first kappa shape index (κ1) is 20.3. The quantitative estimate of drug-likeness (QED) is 0.527. The maximum absolute atomic E-state index is 13.4. The van der Waals surface area contributed by atoms with Crippen molar-refractivity contribution in [3.63, 3.8) is 0 Å². The smallest absolute Gasteiger partial charge is 0.394 e. The lowest BCUT2D eigenvalue weighted by Gasteiger charge is -2.33. The summed E-state index contributed by atoms with van der Waals surface area (Å²) in [7, 11) is 1.82. The van der Waals surface area contributed by atoms with E-state index in [1.54, 1.807) is 17.1 Å². The van der Waals surface area contributed by atoms with Crippen LogP contribution in [0.15, 0.2) is 54.9 Å². The van der Waals surface area contributed by atoms with Gasteiger partial charge in [0.1, 0.15) is 5.69 Å². The molecule has 0 saturated carbocycles. The summed E-state index contributed by atoms with van der Waals surface area (Å²) >= 11 is 0. The van der Waals surface area contributed by atoms with Crippen LogP contribution in [0.25, 0.3) is 22.0 Å². The fraction of sp³-hybridized carbons (Fsp3) is 0.227. The van der Waals surface area contributed by atoms with Crippen LogP contribution in [0.5, 0.6) is 0 Å². The summed E-state index contributed by atoms with van der Waals surface area (Å²) in [6.07, 6.45) is -1.15. The van der Waals surface area contributed by atoms with E-state index in [2.05, 4.69) is 10.2 Å². The number of hydrogen-bond acceptors (Lipinski definition) is 4. The summed E-state index contributed by atoms with van der Waals surface area (Å²) in [5.74, 6) is -0.396. The molecule has 1 atom stereocenters. The number of aliphatic hydroxyl groups excluding tert-OH is 1. The molecule has 0 fully saturated rings. The number of fused-ring (bicyclic) bond motifs is 2. The van der Waals surface area contributed by atoms with Crippen LogP contribution >= 0.6 is 0 Å². The van der Waals surface area contributed by atoms with Crippen LogP contribution in [-0.2, 0) is 13.2 Å². The lowest BCUT2D eigenvalue weighted by molar-refractivity contribution is -0.137. The monoisotopic (exact) mass is 441 g/mol.